The SMILES string of the molecule is COc1ccc(C2CCCN2C(=O)Cc2ccccc2[N+](=O)[O-])cc1OC. The second-order valence-corrected chi connectivity index (χ2v) is 6.42. The summed E-state index contributed by atoms with van der Waals surface area (Å²) < 4.78 is 10.6. The van der Waals surface area contributed by atoms with Gasteiger partial charge in [0.25, 0.3) is 5.69 Å². The first-order valence-electron chi connectivity index (χ1n) is 8.79. The number of carbonyl (C=O) groups excluding carboxylic acids is 1. The first-order chi connectivity index (χ1) is 13.0. The van der Waals surface area contributed by atoms with Gasteiger partial charge in [-0.2, -0.15) is 0 Å². The second-order valence-electron chi connectivity index (χ2n) is 6.42. The Balaban J connectivity index is 1.82. The van der Waals surface area contributed by atoms with Gasteiger partial charge in [0, 0.05) is 18.2 Å². The maximum Gasteiger partial charge on any atom is 0.273 e. The topological polar surface area (TPSA) is 81.9 Å². The Morgan fingerprint density at radius 1 is 1.19 bits per heavy atom. The number of hydrogen-bond donors (Lipinski definition) is 0. The zero-order chi connectivity index (χ0) is 19.4. The Hall–Kier alpha value is -3.09. The van der Waals surface area contributed by atoms with Crippen molar-refractivity contribution >= 4 is 11.6 Å². The van der Waals surface area contributed by atoms with Gasteiger partial charge in [-0.05, 0) is 30.5 Å². The van der Waals surface area contributed by atoms with Crippen LogP contribution in [-0.2, 0) is 11.2 Å². The maximum atomic E-state index is 12.9. The van der Waals surface area contributed by atoms with Crippen LogP contribution in [0.15, 0.2) is 42.5 Å². The van der Waals surface area contributed by atoms with Gasteiger partial charge >= 0.3 is 0 Å². The third-order valence-corrected chi connectivity index (χ3v) is 4.90. The molecule has 0 saturated carbocycles. The van der Waals surface area contributed by atoms with Crippen LogP contribution in [-0.4, -0.2) is 36.5 Å². The van der Waals surface area contributed by atoms with Crippen LogP contribution in [0, 0.1) is 10.1 Å². The predicted octanol–water partition coefficient (Wildman–Crippen LogP) is 3.52. The quantitative estimate of drug-likeness (QED) is 0.574. The number of nitro benzene ring substituents is 1. The van der Waals surface area contributed by atoms with Crippen LogP contribution < -0.4 is 9.47 Å². The van der Waals surface area contributed by atoms with E-state index in [2.05, 4.69) is 0 Å². The van der Waals surface area contributed by atoms with Crippen LogP contribution in [0.3, 0.4) is 0 Å². The van der Waals surface area contributed by atoms with Crippen molar-refractivity contribution in [2.24, 2.45) is 0 Å². The van der Waals surface area contributed by atoms with Crippen molar-refractivity contribution in [3.8, 4) is 11.5 Å². The number of nitrogens with zero attached hydrogens (tertiary/aromatic N) is 2. The van der Waals surface area contributed by atoms with Gasteiger partial charge in [-0.3, -0.25) is 14.9 Å². The molecular weight excluding hydrogens is 348 g/mol. The second kappa shape index (κ2) is 8.07. The normalized spacial score (nSPS) is 16.2. The van der Waals surface area contributed by atoms with E-state index in [1.54, 1.807) is 37.3 Å². The van der Waals surface area contributed by atoms with Crippen LogP contribution in [0.1, 0.15) is 30.0 Å². The molecule has 2 aromatic rings. The fourth-order valence-electron chi connectivity index (χ4n) is 3.57. The molecule has 3 rings (SSSR count). The maximum absolute atomic E-state index is 12.9. The standard InChI is InChI=1S/C20H22N2O5/c1-26-18-10-9-15(12-19(18)27-2)16-8-5-11-21(16)20(23)13-14-6-3-4-7-17(14)22(24)25/h3-4,6-7,9-10,12,16H,5,8,11,13H2,1-2H3. The summed E-state index contributed by atoms with van der Waals surface area (Å²) in [6.07, 6.45) is 1.75. The number of methoxy groups -OCH3 is 2. The van der Waals surface area contributed by atoms with Crippen molar-refractivity contribution in [2.75, 3.05) is 20.8 Å². The molecule has 142 valence electrons. The molecular formula is C20H22N2O5. The molecule has 2 aromatic carbocycles. The molecule has 0 radical (unpaired) electrons. The zero-order valence-electron chi connectivity index (χ0n) is 15.4. The van der Waals surface area contributed by atoms with Gasteiger partial charge in [-0.25, -0.2) is 0 Å². The highest BCUT2D eigenvalue weighted by molar-refractivity contribution is 5.80. The monoisotopic (exact) mass is 370 g/mol. The van der Waals surface area contributed by atoms with Crippen LogP contribution in [0.4, 0.5) is 5.69 Å². The third kappa shape index (κ3) is 3.86. The van der Waals surface area contributed by atoms with Crippen molar-refractivity contribution in [2.45, 2.75) is 25.3 Å². The average molecular weight is 370 g/mol. The molecule has 0 spiro atoms. The largest absolute Gasteiger partial charge is 0.493 e. The van der Waals surface area contributed by atoms with Gasteiger partial charge in [0.05, 0.1) is 31.6 Å². The number of benzene rings is 2. The Morgan fingerprint density at radius 2 is 1.93 bits per heavy atom. The highest BCUT2D eigenvalue weighted by Gasteiger charge is 2.31. The Morgan fingerprint density at radius 3 is 2.63 bits per heavy atom. The highest BCUT2D eigenvalue weighted by atomic mass is 16.6. The number of nitro groups is 1. The number of carbonyl (C=O) groups is 1. The lowest BCUT2D eigenvalue weighted by Crippen LogP contribution is -2.32. The van der Waals surface area contributed by atoms with E-state index in [1.807, 2.05) is 18.2 Å². The van der Waals surface area contributed by atoms with E-state index in [9.17, 15) is 14.9 Å². The summed E-state index contributed by atoms with van der Waals surface area (Å²) in [4.78, 5) is 25.5. The molecule has 7 heteroatoms. The fourth-order valence-corrected chi connectivity index (χ4v) is 3.57. The summed E-state index contributed by atoms with van der Waals surface area (Å²) in [5, 5.41) is 11.2. The van der Waals surface area contributed by atoms with Crippen molar-refractivity contribution in [1.82, 2.24) is 4.90 Å². The van der Waals surface area contributed by atoms with Gasteiger partial charge in [0.15, 0.2) is 11.5 Å². The summed E-state index contributed by atoms with van der Waals surface area (Å²) in [5.41, 5.74) is 1.39. The minimum Gasteiger partial charge on any atom is -0.493 e. The van der Waals surface area contributed by atoms with E-state index < -0.39 is 4.92 Å². The molecule has 1 saturated heterocycles. The summed E-state index contributed by atoms with van der Waals surface area (Å²) in [6, 6.07) is 12.0. The average Bonchev–Trinajstić information content (AvgIpc) is 3.17. The number of likely N-dealkylation sites (tertiary alicyclic amines) is 1. The van der Waals surface area contributed by atoms with Crippen LogP contribution >= 0.6 is 0 Å². The highest BCUT2D eigenvalue weighted by Crippen LogP contribution is 2.37. The number of hydrogen-bond acceptors (Lipinski definition) is 5. The molecule has 1 aliphatic heterocycles. The van der Waals surface area contributed by atoms with Crippen LogP contribution in [0.2, 0.25) is 0 Å². The van der Waals surface area contributed by atoms with Crippen molar-refractivity contribution in [1.29, 1.82) is 0 Å². The molecule has 1 amide bonds. The molecule has 0 aliphatic carbocycles. The van der Waals surface area contributed by atoms with Crippen molar-refractivity contribution < 1.29 is 19.2 Å². The lowest BCUT2D eigenvalue weighted by atomic mass is 10.0. The lowest BCUT2D eigenvalue weighted by molar-refractivity contribution is -0.385. The summed E-state index contributed by atoms with van der Waals surface area (Å²) in [7, 11) is 3.16. The summed E-state index contributed by atoms with van der Waals surface area (Å²) >= 11 is 0. The molecule has 0 aromatic heterocycles. The molecule has 0 bridgehead atoms. The molecule has 1 aliphatic rings. The first-order valence-corrected chi connectivity index (χ1v) is 8.79. The van der Waals surface area contributed by atoms with E-state index >= 15 is 0 Å². The Kier molecular flexibility index (Phi) is 5.59. The number of amides is 1. The van der Waals surface area contributed by atoms with Gasteiger partial charge in [-0.1, -0.05) is 24.3 Å². The number of rotatable bonds is 6. The first kappa shape index (κ1) is 18.7. The molecule has 1 unspecified atom stereocenters. The van der Waals surface area contributed by atoms with Crippen LogP contribution in [0.25, 0.3) is 0 Å². The summed E-state index contributed by atoms with van der Waals surface area (Å²) in [5.74, 6) is 1.15. The van der Waals surface area contributed by atoms with E-state index in [0.29, 0.717) is 23.6 Å². The van der Waals surface area contributed by atoms with E-state index in [0.717, 1.165) is 18.4 Å². The minimum absolute atomic E-state index is 0.0148. The smallest absolute Gasteiger partial charge is 0.273 e. The van der Waals surface area contributed by atoms with Crippen molar-refractivity contribution in [3.05, 3.63) is 63.7 Å². The molecule has 1 fully saturated rings. The lowest BCUT2D eigenvalue weighted by Gasteiger charge is -2.26. The van der Waals surface area contributed by atoms with Gasteiger partial charge in [0.2, 0.25) is 5.91 Å². The zero-order valence-corrected chi connectivity index (χ0v) is 15.4. The van der Waals surface area contributed by atoms with E-state index in [-0.39, 0.29) is 24.1 Å². The van der Waals surface area contributed by atoms with E-state index in [4.69, 9.17) is 9.47 Å². The number of para-hydroxylation sites is 1. The Bertz CT molecular complexity index is 852. The molecule has 27 heavy (non-hydrogen) atoms. The van der Waals surface area contributed by atoms with Gasteiger partial charge in [-0.15, -0.1) is 0 Å². The van der Waals surface area contributed by atoms with Gasteiger partial charge in [0.1, 0.15) is 0 Å². The predicted molar refractivity (Wildman–Crippen MR) is 100 cm³/mol. The number of ether oxygens (including phenoxy) is 2. The minimum atomic E-state index is -0.446. The van der Waals surface area contributed by atoms with E-state index in [1.165, 1.54) is 6.07 Å². The molecule has 0 N–H and O–H groups in total. The van der Waals surface area contributed by atoms with Crippen LogP contribution in [0.5, 0.6) is 11.5 Å². The van der Waals surface area contributed by atoms with Gasteiger partial charge < -0.3 is 14.4 Å². The molecule has 7 nitrogen and oxygen atoms in total. The fraction of sp³-hybridized carbons (Fsp3) is 0.350. The summed E-state index contributed by atoms with van der Waals surface area (Å²) in [6.45, 7) is 0.637. The third-order valence-electron chi connectivity index (χ3n) is 4.90. The van der Waals surface area contributed by atoms with Crippen molar-refractivity contribution in [3.63, 3.8) is 0 Å². The molecule has 1 atom stereocenters. The Labute approximate surface area is 157 Å². The molecule has 1 heterocycles.